The maximum atomic E-state index is 12.7. The Morgan fingerprint density at radius 3 is 1.54 bits per heavy atom. The van der Waals surface area contributed by atoms with Crippen molar-refractivity contribution in [1.29, 1.82) is 0 Å². The van der Waals surface area contributed by atoms with Crippen LogP contribution in [0.5, 0.6) is 0 Å². The number of nitrogens with zero attached hydrogens (tertiary/aromatic N) is 4. The zero-order valence-corrected chi connectivity index (χ0v) is 33.4. The average molecular weight is 814 g/mol. The summed E-state index contributed by atoms with van der Waals surface area (Å²) in [4.78, 5) is 23.9. The van der Waals surface area contributed by atoms with Gasteiger partial charge in [0.2, 0.25) is 0 Å². The fourth-order valence-electron chi connectivity index (χ4n) is 7.47. The number of rotatable bonds is 9. The Hall–Kier alpha value is -4.78. The van der Waals surface area contributed by atoms with Gasteiger partial charge in [0.05, 0.1) is 22.2 Å². The topological polar surface area (TPSA) is 167 Å². The van der Waals surface area contributed by atoms with E-state index < -0.39 is 17.2 Å². The molecular weight excluding hydrogens is 763 g/mol. The number of carboxylic acids is 1. The molecule has 0 radical (unpaired) electrons. The molecule has 13 heteroatoms. The molecule has 0 aliphatic heterocycles. The molecular formula is C44H50Cl2N6O5. The lowest BCUT2D eigenvalue weighted by Gasteiger charge is -2.32. The summed E-state index contributed by atoms with van der Waals surface area (Å²) in [6.07, 6.45) is 14.9. The lowest BCUT2D eigenvalue weighted by Crippen LogP contribution is -2.44. The molecule has 2 aromatic carbocycles. The van der Waals surface area contributed by atoms with Crippen LogP contribution in [0.2, 0.25) is 10.0 Å². The van der Waals surface area contributed by atoms with Crippen LogP contribution in [-0.2, 0) is 12.8 Å². The Kier molecular flexibility index (Phi) is 14.0. The van der Waals surface area contributed by atoms with Crippen LogP contribution in [0.4, 0.5) is 0 Å². The number of aromatic nitrogens is 4. The van der Waals surface area contributed by atoms with Gasteiger partial charge in [-0.25, -0.2) is 13.8 Å². The highest BCUT2D eigenvalue weighted by molar-refractivity contribution is 6.30. The number of carbonyl (C=O) groups excluding carboxylic acids is 1. The summed E-state index contributed by atoms with van der Waals surface area (Å²) in [5.41, 5.74) is 10.5. The van der Waals surface area contributed by atoms with E-state index in [1.54, 1.807) is 21.3 Å². The van der Waals surface area contributed by atoms with Gasteiger partial charge in [-0.2, -0.15) is 10.2 Å². The lowest BCUT2D eigenvalue weighted by atomic mass is 9.85. The molecule has 2 aliphatic carbocycles. The number of benzene rings is 2. The SMILES string of the molecule is NCC1(O)CCCCC1.O=C(NCC1(O)CCCCC1)c1cc(Cc2ccc(Cl)cc2)c2cccn2n1.O=C(O)c1cc(Cc2ccc(Cl)cc2)c2cccn2n1. The molecule has 1 amide bonds. The molecule has 2 aliphatic rings. The quantitative estimate of drug-likeness (QED) is 0.0982. The smallest absolute Gasteiger partial charge is 0.356 e. The third-order valence-electron chi connectivity index (χ3n) is 10.8. The first-order valence-corrected chi connectivity index (χ1v) is 20.3. The van der Waals surface area contributed by atoms with Crippen LogP contribution in [0.3, 0.4) is 0 Å². The maximum absolute atomic E-state index is 12.7. The van der Waals surface area contributed by atoms with Crippen LogP contribution in [-0.4, -0.2) is 70.7 Å². The van der Waals surface area contributed by atoms with Crippen molar-refractivity contribution in [1.82, 2.24) is 24.5 Å². The van der Waals surface area contributed by atoms with E-state index in [4.69, 9.17) is 34.0 Å². The second kappa shape index (κ2) is 19.1. The van der Waals surface area contributed by atoms with E-state index in [2.05, 4.69) is 15.5 Å². The van der Waals surface area contributed by atoms with E-state index in [-0.39, 0.29) is 18.1 Å². The molecule has 300 valence electrons. The van der Waals surface area contributed by atoms with Crippen LogP contribution < -0.4 is 11.1 Å². The van der Waals surface area contributed by atoms with Crippen molar-refractivity contribution in [2.45, 2.75) is 88.3 Å². The molecule has 0 atom stereocenters. The van der Waals surface area contributed by atoms with E-state index in [9.17, 15) is 19.8 Å². The molecule has 4 aromatic heterocycles. The monoisotopic (exact) mass is 812 g/mol. The van der Waals surface area contributed by atoms with Crippen molar-refractivity contribution in [2.75, 3.05) is 13.1 Å². The van der Waals surface area contributed by atoms with E-state index in [1.165, 1.54) is 6.42 Å². The summed E-state index contributed by atoms with van der Waals surface area (Å²) in [6.45, 7) is 0.705. The molecule has 57 heavy (non-hydrogen) atoms. The number of carbonyl (C=O) groups is 2. The Morgan fingerprint density at radius 2 is 1.11 bits per heavy atom. The van der Waals surface area contributed by atoms with Gasteiger partial charge in [0.15, 0.2) is 5.69 Å². The van der Waals surface area contributed by atoms with Crippen molar-refractivity contribution in [3.05, 3.63) is 141 Å². The second-order valence-corrected chi connectivity index (χ2v) is 16.0. The molecule has 2 saturated carbocycles. The van der Waals surface area contributed by atoms with Gasteiger partial charge in [-0.15, -0.1) is 0 Å². The van der Waals surface area contributed by atoms with Gasteiger partial charge in [-0.05, 0) is 121 Å². The van der Waals surface area contributed by atoms with Crippen LogP contribution in [0, 0.1) is 0 Å². The average Bonchev–Trinajstić information content (AvgIpc) is 3.91. The van der Waals surface area contributed by atoms with Crippen LogP contribution in [0.1, 0.15) is 107 Å². The van der Waals surface area contributed by atoms with E-state index in [0.717, 1.165) is 91.1 Å². The van der Waals surface area contributed by atoms with Crippen molar-refractivity contribution in [2.24, 2.45) is 5.73 Å². The molecule has 6 aromatic rings. The fraction of sp³-hybridized carbons (Fsp3) is 0.364. The standard InChI is InChI=1S/C22H24ClN3O2.C15H11ClN2O2.C7H15NO/c23-18-8-6-16(7-9-18)13-17-14-19(25-26-12-4-5-20(17)26)21(27)24-15-22(28)10-2-1-3-11-22;16-12-5-3-10(4-6-12)8-11-9-13(15(19)20)17-18-7-1-2-14(11)18;8-6-7(9)4-2-1-3-5-7/h4-9,12,14,28H,1-3,10-11,13,15H2,(H,24,27);1-7,9H,8H2,(H,19,20);9H,1-6,8H2. The van der Waals surface area contributed by atoms with Crippen LogP contribution in [0.25, 0.3) is 11.0 Å². The minimum Gasteiger partial charge on any atom is -0.476 e. The summed E-state index contributed by atoms with van der Waals surface area (Å²) < 4.78 is 3.32. The molecule has 0 saturated heterocycles. The van der Waals surface area contributed by atoms with Gasteiger partial charge in [-0.3, -0.25) is 4.79 Å². The number of aliphatic hydroxyl groups is 2. The Balaban J connectivity index is 0.000000164. The highest BCUT2D eigenvalue weighted by Gasteiger charge is 2.30. The number of nitrogens with one attached hydrogen (secondary N) is 1. The molecule has 2 fully saturated rings. The van der Waals surface area contributed by atoms with E-state index in [0.29, 0.717) is 35.1 Å². The number of hydrogen-bond donors (Lipinski definition) is 5. The first-order chi connectivity index (χ1) is 27.4. The van der Waals surface area contributed by atoms with Crippen molar-refractivity contribution in [3.63, 3.8) is 0 Å². The molecule has 0 unspecified atom stereocenters. The predicted molar refractivity (Wildman–Crippen MR) is 223 cm³/mol. The summed E-state index contributed by atoms with van der Waals surface area (Å²) in [5, 5.41) is 42.1. The zero-order chi connectivity index (χ0) is 40.4. The fourth-order valence-corrected chi connectivity index (χ4v) is 7.73. The third kappa shape index (κ3) is 11.4. The Bertz CT molecular complexity index is 2260. The van der Waals surface area contributed by atoms with Crippen molar-refractivity contribution < 1.29 is 24.9 Å². The summed E-state index contributed by atoms with van der Waals surface area (Å²) >= 11 is 11.8. The number of fused-ring (bicyclic) bond motifs is 2. The van der Waals surface area contributed by atoms with Gasteiger partial charge in [0.25, 0.3) is 5.91 Å². The van der Waals surface area contributed by atoms with Gasteiger partial charge >= 0.3 is 5.97 Å². The first kappa shape index (κ1) is 41.8. The number of carboxylic acid groups (broad SMARTS) is 1. The van der Waals surface area contributed by atoms with Gasteiger partial charge in [0.1, 0.15) is 5.69 Å². The van der Waals surface area contributed by atoms with Gasteiger partial charge in [0, 0.05) is 35.5 Å². The summed E-state index contributed by atoms with van der Waals surface area (Å²) in [5.74, 6) is -1.29. The largest absolute Gasteiger partial charge is 0.476 e. The summed E-state index contributed by atoms with van der Waals surface area (Å²) in [6, 6.07) is 26.4. The number of amides is 1. The molecule has 11 nitrogen and oxygen atoms in total. The number of nitrogens with two attached hydrogens (primary N) is 1. The Labute approximate surface area is 342 Å². The lowest BCUT2D eigenvalue weighted by molar-refractivity contribution is 0.00519. The van der Waals surface area contributed by atoms with Gasteiger partial charge in [-0.1, -0.05) is 86.0 Å². The minimum absolute atomic E-state index is 0.0395. The normalized spacial score (nSPS) is 15.9. The second-order valence-electron chi connectivity index (χ2n) is 15.2. The predicted octanol–water partition coefficient (Wildman–Crippen LogP) is 7.92. The number of aromatic carboxylic acids is 1. The highest BCUT2D eigenvalue weighted by Crippen LogP contribution is 2.28. The van der Waals surface area contributed by atoms with Crippen LogP contribution in [0.15, 0.2) is 97.3 Å². The first-order valence-electron chi connectivity index (χ1n) is 19.5. The molecule has 0 spiro atoms. The molecule has 4 heterocycles. The maximum Gasteiger partial charge on any atom is 0.356 e. The van der Waals surface area contributed by atoms with Crippen LogP contribution >= 0.6 is 23.2 Å². The van der Waals surface area contributed by atoms with Crippen molar-refractivity contribution >= 4 is 46.1 Å². The molecule has 8 rings (SSSR count). The number of halogens is 2. The minimum atomic E-state index is -1.03. The highest BCUT2D eigenvalue weighted by atomic mass is 35.5. The van der Waals surface area contributed by atoms with E-state index >= 15 is 0 Å². The van der Waals surface area contributed by atoms with Gasteiger partial charge < -0.3 is 26.4 Å². The van der Waals surface area contributed by atoms with Crippen molar-refractivity contribution in [3.8, 4) is 0 Å². The zero-order valence-electron chi connectivity index (χ0n) is 31.9. The third-order valence-corrected chi connectivity index (χ3v) is 11.3. The molecule has 6 N–H and O–H groups in total. The van der Waals surface area contributed by atoms with E-state index in [1.807, 2.05) is 85.1 Å². The summed E-state index contributed by atoms with van der Waals surface area (Å²) in [7, 11) is 0. The Morgan fingerprint density at radius 1 is 0.667 bits per heavy atom. The molecule has 0 bridgehead atoms. The number of hydrogen-bond acceptors (Lipinski definition) is 7.